The molecule has 1 aromatic rings. The molecular formula is C12H16N4O4. The SMILES string of the molecule is COc1nc(OC)nc(C(=O)C(=O)N2CCCCC2)n1. The van der Waals surface area contributed by atoms with Crippen molar-refractivity contribution >= 4 is 11.7 Å². The molecule has 0 saturated carbocycles. The Morgan fingerprint density at radius 3 is 2.00 bits per heavy atom. The monoisotopic (exact) mass is 280 g/mol. The van der Waals surface area contributed by atoms with Gasteiger partial charge in [-0.1, -0.05) is 0 Å². The first-order chi connectivity index (χ1) is 9.65. The number of methoxy groups -OCH3 is 2. The molecule has 108 valence electrons. The van der Waals surface area contributed by atoms with Crippen molar-refractivity contribution in [3.8, 4) is 12.0 Å². The zero-order valence-electron chi connectivity index (χ0n) is 11.5. The van der Waals surface area contributed by atoms with Crippen molar-refractivity contribution in [1.82, 2.24) is 19.9 Å². The highest BCUT2D eigenvalue weighted by atomic mass is 16.5. The fourth-order valence-corrected chi connectivity index (χ4v) is 1.96. The van der Waals surface area contributed by atoms with E-state index >= 15 is 0 Å². The zero-order chi connectivity index (χ0) is 14.5. The summed E-state index contributed by atoms with van der Waals surface area (Å²) in [4.78, 5) is 37.1. The third-order valence-corrected chi connectivity index (χ3v) is 3.00. The van der Waals surface area contributed by atoms with Crippen LogP contribution in [0.2, 0.25) is 0 Å². The Labute approximate surface area is 116 Å². The van der Waals surface area contributed by atoms with Gasteiger partial charge in [0.2, 0.25) is 5.82 Å². The number of aromatic nitrogens is 3. The van der Waals surface area contributed by atoms with Crippen molar-refractivity contribution < 1.29 is 19.1 Å². The van der Waals surface area contributed by atoms with Crippen LogP contribution in [0.5, 0.6) is 12.0 Å². The van der Waals surface area contributed by atoms with Crippen LogP contribution in [0.25, 0.3) is 0 Å². The molecule has 0 aliphatic carbocycles. The molecule has 20 heavy (non-hydrogen) atoms. The highest BCUT2D eigenvalue weighted by Gasteiger charge is 2.27. The lowest BCUT2D eigenvalue weighted by atomic mass is 10.1. The lowest BCUT2D eigenvalue weighted by Crippen LogP contribution is -2.40. The molecule has 1 aromatic heterocycles. The number of piperidine rings is 1. The number of carbonyl (C=O) groups excluding carboxylic acids is 2. The summed E-state index contributed by atoms with van der Waals surface area (Å²) >= 11 is 0. The average molecular weight is 280 g/mol. The lowest BCUT2D eigenvalue weighted by Gasteiger charge is -2.25. The number of carbonyl (C=O) groups is 2. The summed E-state index contributed by atoms with van der Waals surface area (Å²) < 4.78 is 9.71. The van der Waals surface area contributed by atoms with Gasteiger partial charge >= 0.3 is 12.0 Å². The Kier molecular flexibility index (Phi) is 4.44. The maximum absolute atomic E-state index is 12.1. The third-order valence-electron chi connectivity index (χ3n) is 3.00. The molecule has 1 saturated heterocycles. The van der Waals surface area contributed by atoms with E-state index < -0.39 is 11.7 Å². The molecule has 1 fully saturated rings. The van der Waals surface area contributed by atoms with Gasteiger partial charge in [0.1, 0.15) is 0 Å². The number of ether oxygens (including phenoxy) is 2. The number of ketones is 1. The number of hydrogen-bond acceptors (Lipinski definition) is 7. The molecule has 1 aliphatic rings. The van der Waals surface area contributed by atoms with Gasteiger partial charge in [0.25, 0.3) is 11.7 Å². The topological polar surface area (TPSA) is 94.5 Å². The molecule has 2 rings (SSSR count). The molecule has 0 atom stereocenters. The van der Waals surface area contributed by atoms with Crippen LogP contribution in [0, 0.1) is 0 Å². The van der Waals surface area contributed by atoms with Crippen LogP contribution in [0.3, 0.4) is 0 Å². The molecule has 8 heteroatoms. The van der Waals surface area contributed by atoms with Crippen LogP contribution in [-0.4, -0.2) is 58.9 Å². The number of rotatable bonds is 4. The lowest BCUT2D eigenvalue weighted by molar-refractivity contribution is -0.127. The first-order valence-corrected chi connectivity index (χ1v) is 6.33. The minimum absolute atomic E-state index is 0.0633. The number of nitrogens with zero attached hydrogens (tertiary/aromatic N) is 4. The summed E-state index contributed by atoms with van der Waals surface area (Å²) in [5.41, 5.74) is 0. The van der Waals surface area contributed by atoms with Gasteiger partial charge in [-0.15, -0.1) is 4.98 Å². The van der Waals surface area contributed by atoms with Gasteiger partial charge in [-0.3, -0.25) is 9.59 Å². The molecule has 0 unspecified atom stereocenters. The minimum atomic E-state index is -0.772. The van der Waals surface area contributed by atoms with Crippen molar-refractivity contribution in [2.45, 2.75) is 19.3 Å². The Morgan fingerprint density at radius 1 is 0.950 bits per heavy atom. The highest BCUT2D eigenvalue weighted by molar-refractivity contribution is 6.41. The Hall–Kier alpha value is -2.25. The van der Waals surface area contributed by atoms with Crippen molar-refractivity contribution in [2.24, 2.45) is 0 Å². The van der Waals surface area contributed by atoms with E-state index in [4.69, 9.17) is 9.47 Å². The standard InChI is InChI=1S/C12H16N4O4/c1-19-11-13-9(14-12(15-11)20-2)8(17)10(18)16-6-4-3-5-7-16/h3-7H2,1-2H3. The van der Waals surface area contributed by atoms with Crippen LogP contribution in [0.4, 0.5) is 0 Å². The van der Waals surface area contributed by atoms with Crippen LogP contribution < -0.4 is 9.47 Å². The number of Topliss-reactive ketones (excluding diaryl/α,β-unsaturated/α-hetero) is 1. The normalized spacial score (nSPS) is 14.8. The summed E-state index contributed by atoms with van der Waals surface area (Å²) in [6.07, 6.45) is 2.89. The summed E-state index contributed by atoms with van der Waals surface area (Å²) in [5, 5.41) is 0. The molecular weight excluding hydrogens is 264 g/mol. The quantitative estimate of drug-likeness (QED) is 0.569. The number of hydrogen-bond donors (Lipinski definition) is 0. The average Bonchev–Trinajstić information content (AvgIpc) is 2.53. The van der Waals surface area contributed by atoms with Crippen molar-refractivity contribution in [3.05, 3.63) is 5.82 Å². The second-order valence-corrected chi connectivity index (χ2v) is 4.31. The summed E-state index contributed by atoms with van der Waals surface area (Å²) in [7, 11) is 2.71. The Bertz CT molecular complexity index is 492. The molecule has 0 aromatic carbocycles. The van der Waals surface area contributed by atoms with E-state index in [0.29, 0.717) is 13.1 Å². The first kappa shape index (κ1) is 14.2. The molecule has 1 amide bonds. The van der Waals surface area contributed by atoms with Gasteiger partial charge in [-0.05, 0) is 19.3 Å². The third kappa shape index (κ3) is 3.01. The second-order valence-electron chi connectivity index (χ2n) is 4.31. The smallest absolute Gasteiger partial charge is 0.323 e. The van der Waals surface area contributed by atoms with E-state index in [1.54, 1.807) is 0 Å². The molecule has 2 heterocycles. The van der Waals surface area contributed by atoms with E-state index in [9.17, 15) is 9.59 Å². The summed E-state index contributed by atoms with van der Waals surface area (Å²) in [5.74, 6) is -1.63. The molecule has 0 radical (unpaired) electrons. The van der Waals surface area contributed by atoms with E-state index in [1.807, 2.05) is 0 Å². The Morgan fingerprint density at radius 2 is 1.50 bits per heavy atom. The fraction of sp³-hybridized carbons (Fsp3) is 0.583. The van der Waals surface area contributed by atoms with Gasteiger partial charge in [0.05, 0.1) is 14.2 Å². The maximum Gasteiger partial charge on any atom is 0.323 e. The van der Waals surface area contributed by atoms with E-state index in [1.165, 1.54) is 19.1 Å². The minimum Gasteiger partial charge on any atom is -0.467 e. The van der Waals surface area contributed by atoms with Gasteiger partial charge in [0, 0.05) is 13.1 Å². The highest BCUT2D eigenvalue weighted by Crippen LogP contribution is 2.13. The van der Waals surface area contributed by atoms with Crippen LogP contribution in [-0.2, 0) is 4.79 Å². The van der Waals surface area contributed by atoms with Crippen LogP contribution >= 0.6 is 0 Å². The number of amides is 1. The molecule has 0 bridgehead atoms. The molecule has 8 nitrogen and oxygen atoms in total. The first-order valence-electron chi connectivity index (χ1n) is 6.33. The summed E-state index contributed by atoms with van der Waals surface area (Å²) in [6, 6.07) is -0.127. The van der Waals surface area contributed by atoms with Crippen molar-refractivity contribution in [2.75, 3.05) is 27.3 Å². The molecule has 1 aliphatic heterocycles. The van der Waals surface area contributed by atoms with Crippen molar-refractivity contribution in [3.63, 3.8) is 0 Å². The van der Waals surface area contributed by atoms with Gasteiger partial charge in [0.15, 0.2) is 0 Å². The molecule has 0 N–H and O–H groups in total. The van der Waals surface area contributed by atoms with E-state index in [2.05, 4.69) is 15.0 Å². The van der Waals surface area contributed by atoms with Gasteiger partial charge in [-0.2, -0.15) is 9.97 Å². The maximum atomic E-state index is 12.1. The summed E-state index contributed by atoms with van der Waals surface area (Å²) in [6.45, 7) is 1.17. The van der Waals surface area contributed by atoms with Crippen LogP contribution in [0.15, 0.2) is 0 Å². The zero-order valence-corrected chi connectivity index (χ0v) is 11.5. The largest absolute Gasteiger partial charge is 0.467 e. The van der Waals surface area contributed by atoms with E-state index in [0.717, 1.165) is 19.3 Å². The van der Waals surface area contributed by atoms with Crippen molar-refractivity contribution in [1.29, 1.82) is 0 Å². The van der Waals surface area contributed by atoms with Crippen LogP contribution in [0.1, 0.15) is 29.9 Å². The van der Waals surface area contributed by atoms with Gasteiger partial charge in [-0.25, -0.2) is 0 Å². The second kappa shape index (κ2) is 6.27. The Balaban J connectivity index is 2.21. The fourth-order valence-electron chi connectivity index (χ4n) is 1.96. The van der Waals surface area contributed by atoms with E-state index in [-0.39, 0.29) is 17.8 Å². The van der Waals surface area contributed by atoms with Gasteiger partial charge < -0.3 is 14.4 Å². The molecule has 0 spiro atoms. The predicted molar refractivity (Wildman–Crippen MR) is 67.7 cm³/mol. The number of likely N-dealkylation sites (tertiary alicyclic amines) is 1. The predicted octanol–water partition coefficient (Wildman–Crippen LogP) is 0.0840.